The molecule has 0 aromatic carbocycles. The van der Waals surface area contributed by atoms with E-state index in [4.69, 9.17) is 4.74 Å². The van der Waals surface area contributed by atoms with Crippen molar-refractivity contribution in [1.82, 2.24) is 4.98 Å². The van der Waals surface area contributed by atoms with Crippen LogP contribution in [0.25, 0.3) is 0 Å². The summed E-state index contributed by atoms with van der Waals surface area (Å²) >= 11 is 0. The van der Waals surface area contributed by atoms with E-state index in [0.717, 1.165) is 31.9 Å². The van der Waals surface area contributed by atoms with Crippen LogP contribution in [0.4, 0.5) is 5.82 Å². The zero-order valence-electron chi connectivity index (χ0n) is 7.49. The molecule has 1 aliphatic heterocycles. The zero-order valence-corrected chi connectivity index (χ0v) is 7.49. The van der Waals surface area contributed by atoms with Crippen LogP contribution < -0.4 is 5.32 Å². The van der Waals surface area contributed by atoms with Gasteiger partial charge in [0.05, 0.1) is 0 Å². The minimum Gasteiger partial charge on any atom is -0.381 e. The van der Waals surface area contributed by atoms with Gasteiger partial charge in [-0.25, -0.2) is 4.98 Å². The summed E-state index contributed by atoms with van der Waals surface area (Å²) < 4.78 is 5.27. The molecule has 0 unspecified atom stereocenters. The molecule has 2 heterocycles. The third-order valence-corrected chi connectivity index (χ3v) is 2.18. The summed E-state index contributed by atoms with van der Waals surface area (Å²) in [4.78, 5) is 4.19. The summed E-state index contributed by atoms with van der Waals surface area (Å²) in [6.07, 6.45) is 3.88. The molecule has 1 N–H and O–H groups in total. The lowest BCUT2D eigenvalue weighted by molar-refractivity contribution is 0.0904. The molecular weight excluding hydrogens is 164 g/mol. The summed E-state index contributed by atoms with van der Waals surface area (Å²) in [6.45, 7) is 1.71. The van der Waals surface area contributed by atoms with Crippen molar-refractivity contribution in [3.8, 4) is 0 Å². The molecule has 69 valence electrons. The normalized spacial score (nSPS) is 18.5. The highest BCUT2D eigenvalue weighted by Gasteiger charge is 2.12. The fourth-order valence-corrected chi connectivity index (χ4v) is 1.45. The van der Waals surface area contributed by atoms with Crippen LogP contribution in [0.15, 0.2) is 18.3 Å². The largest absolute Gasteiger partial charge is 0.381 e. The van der Waals surface area contributed by atoms with Gasteiger partial charge in [-0.05, 0) is 31.0 Å². The van der Waals surface area contributed by atoms with Gasteiger partial charge >= 0.3 is 0 Å². The van der Waals surface area contributed by atoms with Crippen molar-refractivity contribution in [3.05, 3.63) is 24.4 Å². The molecule has 0 amide bonds. The quantitative estimate of drug-likeness (QED) is 0.742. The van der Waals surface area contributed by atoms with Gasteiger partial charge in [0.2, 0.25) is 0 Å². The summed E-state index contributed by atoms with van der Waals surface area (Å²) in [5.41, 5.74) is 0. The van der Waals surface area contributed by atoms with Crippen molar-refractivity contribution in [2.45, 2.75) is 18.9 Å². The molecule has 1 aromatic heterocycles. The van der Waals surface area contributed by atoms with E-state index in [1.54, 1.807) is 12.3 Å². The average molecular weight is 177 g/mol. The van der Waals surface area contributed by atoms with Crippen molar-refractivity contribution in [3.63, 3.8) is 0 Å². The Morgan fingerprint density at radius 2 is 2.31 bits per heavy atom. The maximum atomic E-state index is 5.27. The highest BCUT2D eigenvalue weighted by atomic mass is 16.5. The summed E-state index contributed by atoms with van der Waals surface area (Å²) in [6, 6.07) is 7.18. The van der Waals surface area contributed by atoms with Crippen molar-refractivity contribution in [2.24, 2.45) is 0 Å². The van der Waals surface area contributed by atoms with Gasteiger partial charge in [-0.3, -0.25) is 0 Å². The minimum atomic E-state index is 0.511. The number of nitrogens with zero attached hydrogens (tertiary/aromatic N) is 1. The van der Waals surface area contributed by atoms with Crippen molar-refractivity contribution in [2.75, 3.05) is 18.5 Å². The minimum absolute atomic E-state index is 0.511. The molecule has 0 aliphatic carbocycles. The summed E-state index contributed by atoms with van der Waals surface area (Å²) in [5.74, 6) is 0.911. The lowest BCUT2D eigenvalue weighted by Crippen LogP contribution is -2.28. The van der Waals surface area contributed by atoms with Crippen molar-refractivity contribution in [1.29, 1.82) is 0 Å². The molecular formula is C10H13N2O. The fraction of sp³-hybridized carbons (Fsp3) is 0.500. The second kappa shape index (κ2) is 4.23. The lowest BCUT2D eigenvalue weighted by Gasteiger charge is -2.23. The molecule has 1 aliphatic rings. The zero-order chi connectivity index (χ0) is 8.93. The Balaban J connectivity index is 1.90. The summed E-state index contributed by atoms with van der Waals surface area (Å²) in [7, 11) is 0. The fourth-order valence-electron chi connectivity index (χ4n) is 1.45. The maximum Gasteiger partial charge on any atom is 0.126 e. The molecule has 0 bridgehead atoms. The van der Waals surface area contributed by atoms with E-state index < -0.39 is 0 Å². The first-order chi connectivity index (χ1) is 6.45. The first-order valence-electron chi connectivity index (χ1n) is 4.61. The molecule has 1 aromatic rings. The second-order valence-corrected chi connectivity index (χ2v) is 3.17. The van der Waals surface area contributed by atoms with E-state index in [2.05, 4.69) is 16.4 Å². The number of ether oxygens (including phenoxy) is 1. The molecule has 1 saturated heterocycles. The van der Waals surface area contributed by atoms with Crippen LogP contribution in [0, 0.1) is 6.07 Å². The Morgan fingerprint density at radius 3 is 3.00 bits per heavy atom. The predicted molar refractivity (Wildman–Crippen MR) is 50.5 cm³/mol. The van der Waals surface area contributed by atoms with Gasteiger partial charge in [0, 0.05) is 25.5 Å². The van der Waals surface area contributed by atoms with Crippen molar-refractivity contribution < 1.29 is 4.74 Å². The van der Waals surface area contributed by atoms with Crippen LogP contribution >= 0.6 is 0 Å². The molecule has 13 heavy (non-hydrogen) atoms. The average Bonchev–Trinajstić information content (AvgIpc) is 2.21. The number of pyridine rings is 1. The Morgan fingerprint density at radius 1 is 1.46 bits per heavy atom. The van der Waals surface area contributed by atoms with Crippen LogP contribution in [-0.2, 0) is 4.74 Å². The van der Waals surface area contributed by atoms with Crippen LogP contribution in [0.5, 0.6) is 0 Å². The van der Waals surface area contributed by atoms with Gasteiger partial charge in [0.1, 0.15) is 5.82 Å². The highest BCUT2D eigenvalue weighted by molar-refractivity contribution is 5.33. The maximum absolute atomic E-state index is 5.27. The molecule has 0 saturated carbocycles. The second-order valence-electron chi connectivity index (χ2n) is 3.17. The van der Waals surface area contributed by atoms with Gasteiger partial charge < -0.3 is 10.1 Å². The van der Waals surface area contributed by atoms with E-state index in [1.165, 1.54) is 0 Å². The number of anilines is 1. The van der Waals surface area contributed by atoms with Gasteiger partial charge in [0.25, 0.3) is 0 Å². The first-order valence-corrected chi connectivity index (χ1v) is 4.61. The summed E-state index contributed by atoms with van der Waals surface area (Å²) in [5, 5.41) is 3.36. The number of nitrogens with one attached hydrogen (secondary N) is 1. The molecule has 3 heteroatoms. The van der Waals surface area contributed by atoms with Crippen LogP contribution in [0.2, 0.25) is 0 Å². The topological polar surface area (TPSA) is 34.2 Å². The standard InChI is InChI=1S/C10H13N2O/c1-2-6-11-10(3-1)12-9-4-7-13-8-5-9/h2-3,6,9H,4-5,7-8H2,(H,11,12). The van der Waals surface area contributed by atoms with Gasteiger partial charge in [-0.15, -0.1) is 0 Å². The van der Waals surface area contributed by atoms with Gasteiger partial charge in [-0.2, -0.15) is 0 Å². The molecule has 2 rings (SSSR count). The van der Waals surface area contributed by atoms with E-state index >= 15 is 0 Å². The van der Waals surface area contributed by atoms with Crippen LogP contribution in [0.3, 0.4) is 0 Å². The number of hydrogen-bond donors (Lipinski definition) is 1. The molecule has 0 atom stereocenters. The number of rotatable bonds is 2. The third-order valence-electron chi connectivity index (χ3n) is 2.18. The first kappa shape index (κ1) is 8.51. The van der Waals surface area contributed by atoms with E-state index in [0.29, 0.717) is 6.04 Å². The molecule has 3 nitrogen and oxygen atoms in total. The van der Waals surface area contributed by atoms with E-state index in [-0.39, 0.29) is 0 Å². The smallest absolute Gasteiger partial charge is 0.126 e. The third kappa shape index (κ3) is 2.42. The van der Waals surface area contributed by atoms with E-state index in [1.807, 2.05) is 6.07 Å². The Hall–Kier alpha value is -1.09. The highest BCUT2D eigenvalue weighted by Crippen LogP contribution is 2.11. The predicted octanol–water partition coefficient (Wildman–Crippen LogP) is 1.47. The Bertz CT molecular complexity index is 244. The van der Waals surface area contributed by atoms with Gasteiger partial charge in [-0.1, -0.05) is 0 Å². The molecule has 0 spiro atoms. The number of hydrogen-bond acceptors (Lipinski definition) is 3. The van der Waals surface area contributed by atoms with Crippen LogP contribution in [-0.4, -0.2) is 24.2 Å². The van der Waals surface area contributed by atoms with E-state index in [9.17, 15) is 0 Å². The molecule has 1 radical (unpaired) electrons. The Labute approximate surface area is 78.1 Å². The van der Waals surface area contributed by atoms with Crippen LogP contribution in [0.1, 0.15) is 12.8 Å². The van der Waals surface area contributed by atoms with Crippen molar-refractivity contribution >= 4 is 5.82 Å². The SMILES string of the molecule is [c]1ccnc(NC2CCOCC2)c1. The Kier molecular flexibility index (Phi) is 2.77. The number of aromatic nitrogens is 1. The lowest BCUT2D eigenvalue weighted by atomic mass is 10.1. The van der Waals surface area contributed by atoms with Gasteiger partial charge in [0.15, 0.2) is 0 Å². The monoisotopic (exact) mass is 177 g/mol. The molecule has 1 fully saturated rings.